The summed E-state index contributed by atoms with van der Waals surface area (Å²) in [5, 5.41) is 27.8. The van der Waals surface area contributed by atoms with Gasteiger partial charge in [-0.05, 0) is 31.1 Å². The largest absolute Gasteiger partial charge is 0.465 e. The van der Waals surface area contributed by atoms with Crippen molar-refractivity contribution in [3.8, 4) is 0 Å². The van der Waals surface area contributed by atoms with E-state index in [0.717, 1.165) is 12.8 Å². The molecule has 2 atom stereocenters. The molecule has 0 radical (unpaired) electrons. The molecule has 3 N–H and O–H groups in total. The zero-order valence-electron chi connectivity index (χ0n) is 8.59. The lowest BCUT2D eigenvalue weighted by atomic mass is 9.77. The number of carbonyl (C=O) groups is 1. The minimum Gasteiger partial charge on any atom is -0.465 e. The highest BCUT2D eigenvalue weighted by molar-refractivity contribution is 5.65. The molecule has 1 heterocycles. The Bertz CT molecular complexity index is 248. The lowest BCUT2D eigenvalue weighted by Crippen LogP contribution is -2.41. The van der Waals surface area contributed by atoms with Crippen LogP contribution in [0.2, 0.25) is 0 Å². The minimum atomic E-state index is -0.871. The predicted molar refractivity (Wildman–Crippen MR) is 52.5 cm³/mol. The van der Waals surface area contributed by atoms with Crippen molar-refractivity contribution in [2.45, 2.75) is 37.9 Å². The van der Waals surface area contributed by atoms with E-state index < -0.39 is 18.3 Å². The summed E-state index contributed by atoms with van der Waals surface area (Å²) >= 11 is 0. The van der Waals surface area contributed by atoms with Crippen LogP contribution in [0, 0.1) is 5.41 Å². The van der Waals surface area contributed by atoms with Crippen LogP contribution < -0.4 is 0 Å². The number of rotatable bonds is 0. The van der Waals surface area contributed by atoms with Crippen molar-refractivity contribution in [1.29, 1.82) is 0 Å². The molecule has 0 aromatic rings. The SMILES string of the molecule is O=C(O)N1CCC2(CC1)CC(O)C(O)C2. The van der Waals surface area contributed by atoms with E-state index in [1.807, 2.05) is 0 Å². The number of aliphatic hydroxyl groups is 2. The number of aliphatic hydroxyl groups excluding tert-OH is 2. The van der Waals surface area contributed by atoms with Gasteiger partial charge in [-0.1, -0.05) is 0 Å². The Balaban J connectivity index is 1.96. The molecule has 1 saturated heterocycles. The van der Waals surface area contributed by atoms with Crippen LogP contribution in [-0.2, 0) is 0 Å². The van der Waals surface area contributed by atoms with Crippen molar-refractivity contribution in [3.63, 3.8) is 0 Å². The number of nitrogens with zero attached hydrogens (tertiary/aromatic N) is 1. The van der Waals surface area contributed by atoms with E-state index in [1.165, 1.54) is 4.90 Å². The van der Waals surface area contributed by atoms with E-state index in [-0.39, 0.29) is 5.41 Å². The third-order valence-electron chi connectivity index (χ3n) is 3.82. The van der Waals surface area contributed by atoms with Crippen LogP contribution in [0.5, 0.6) is 0 Å². The van der Waals surface area contributed by atoms with E-state index in [2.05, 4.69) is 0 Å². The molecule has 5 heteroatoms. The predicted octanol–water partition coefficient (Wildman–Crippen LogP) is 0.262. The smallest absolute Gasteiger partial charge is 0.407 e. The lowest BCUT2D eigenvalue weighted by Gasteiger charge is -2.38. The highest BCUT2D eigenvalue weighted by atomic mass is 16.4. The number of likely N-dealkylation sites (tertiary alicyclic amines) is 1. The Labute approximate surface area is 88.3 Å². The van der Waals surface area contributed by atoms with E-state index in [1.54, 1.807) is 0 Å². The Kier molecular flexibility index (Phi) is 2.60. The van der Waals surface area contributed by atoms with Crippen molar-refractivity contribution in [1.82, 2.24) is 4.90 Å². The molecule has 2 rings (SSSR count). The van der Waals surface area contributed by atoms with Crippen molar-refractivity contribution in [2.24, 2.45) is 5.41 Å². The van der Waals surface area contributed by atoms with Crippen LogP contribution in [0.15, 0.2) is 0 Å². The average molecular weight is 215 g/mol. The number of piperidine rings is 1. The zero-order valence-corrected chi connectivity index (χ0v) is 8.59. The molecule has 1 aliphatic carbocycles. The maximum absolute atomic E-state index is 10.7. The first kappa shape index (κ1) is 10.7. The van der Waals surface area contributed by atoms with Gasteiger partial charge in [0.1, 0.15) is 0 Å². The Hall–Kier alpha value is -0.810. The molecule has 1 amide bonds. The van der Waals surface area contributed by atoms with Crippen LogP contribution in [-0.4, -0.2) is 51.6 Å². The Morgan fingerprint density at radius 3 is 2.00 bits per heavy atom. The fraction of sp³-hybridized carbons (Fsp3) is 0.900. The van der Waals surface area contributed by atoms with Gasteiger partial charge in [-0.15, -0.1) is 0 Å². The van der Waals surface area contributed by atoms with Gasteiger partial charge in [0.25, 0.3) is 0 Å². The van der Waals surface area contributed by atoms with E-state index in [4.69, 9.17) is 5.11 Å². The van der Waals surface area contributed by atoms with E-state index in [0.29, 0.717) is 25.9 Å². The molecule has 0 aromatic carbocycles. The third-order valence-corrected chi connectivity index (χ3v) is 3.82. The third kappa shape index (κ3) is 1.94. The fourth-order valence-electron chi connectivity index (χ4n) is 2.82. The lowest BCUT2D eigenvalue weighted by molar-refractivity contribution is 0.0438. The van der Waals surface area contributed by atoms with Crippen LogP contribution in [0.1, 0.15) is 25.7 Å². The first-order chi connectivity index (χ1) is 7.02. The van der Waals surface area contributed by atoms with Crippen molar-refractivity contribution in [2.75, 3.05) is 13.1 Å². The molecular formula is C10H17NO4. The second kappa shape index (κ2) is 3.64. The number of hydrogen-bond donors (Lipinski definition) is 3. The van der Waals surface area contributed by atoms with Crippen LogP contribution in [0.4, 0.5) is 4.79 Å². The van der Waals surface area contributed by atoms with Gasteiger partial charge in [0.15, 0.2) is 0 Å². The van der Waals surface area contributed by atoms with Crippen molar-refractivity contribution >= 4 is 6.09 Å². The van der Waals surface area contributed by atoms with Gasteiger partial charge in [0.2, 0.25) is 0 Å². The molecule has 2 fully saturated rings. The summed E-state index contributed by atoms with van der Waals surface area (Å²) in [6, 6.07) is 0. The Morgan fingerprint density at radius 1 is 1.13 bits per heavy atom. The van der Waals surface area contributed by atoms with Crippen molar-refractivity contribution < 1.29 is 20.1 Å². The first-order valence-electron chi connectivity index (χ1n) is 5.36. The summed E-state index contributed by atoms with van der Waals surface area (Å²) in [4.78, 5) is 12.1. The maximum Gasteiger partial charge on any atom is 0.407 e. The normalized spacial score (nSPS) is 34.7. The number of carboxylic acid groups (broad SMARTS) is 1. The van der Waals surface area contributed by atoms with Crippen LogP contribution in [0.25, 0.3) is 0 Å². The van der Waals surface area contributed by atoms with Gasteiger partial charge in [-0.2, -0.15) is 0 Å². The second-order valence-electron chi connectivity index (χ2n) is 4.81. The topological polar surface area (TPSA) is 81.0 Å². The van der Waals surface area contributed by atoms with Gasteiger partial charge >= 0.3 is 6.09 Å². The molecule has 86 valence electrons. The molecule has 1 spiro atoms. The average Bonchev–Trinajstić information content (AvgIpc) is 2.43. The summed E-state index contributed by atoms with van der Waals surface area (Å²) in [5.41, 5.74) is -0.0230. The molecule has 0 bridgehead atoms. The van der Waals surface area contributed by atoms with Gasteiger partial charge in [-0.3, -0.25) is 0 Å². The monoisotopic (exact) mass is 215 g/mol. The first-order valence-corrected chi connectivity index (χ1v) is 5.36. The molecule has 1 saturated carbocycles. The quantitative estimate of drug-likeness (QED) is 0.541. The second-order valence-corrected chi connectivity index (χ2v) is 4.81. The van der Waals surface area contributed by atoms with Crippen molar-refractivity contribution in [3.05, 3.63) is 0 Å². The Morgan fingerprint density at radius 2 is 1.60 bits per heavy atom. The summed E-state index contributed by atoms with van der Waals surface area (Å²) in [7, 11) is 0. The molecule has 0 aromatic heterocycles. The molecule has 5 nitrogen and oxygen atoms in total. The zero-order chi connectivity index (χ0) is 11.1. The standard InChI is InChI=1S/C10H17NO4/c12-7-5-10(6-8(7)13)1-3-11(4-2-10)9(14)15/h7-8,12-13H,1-6H2,(H,14,15). The number of amides is 1. The highest BCUT2D eigenvalue weighted by Gasteiger charge is 2.45. The molecule has 2 unspecified atom stereocenters. The highest BCUT2D eigenvalue weighted by Crippen LogP contribution is 2.46. The summed E-state index contributed by atoms with van der Waals surface area (Å²) < 4.78 is 0. The van der Waals surface area contributed by atoms with Crippen LogP contribution in [0.3, 0.4) is 0 Å². The number of hydrogen-bond acceptors (Lipinski definition) is 3. The molecular weight excluding hydrogens is 198 g/mol. The molecule has 15 heavy (non-hydrogen) atoms. The maximum atomic E-state index is 10.7. The minimum absolute atomic E-state index is 0.0230. The molecule has 1 aliphatic heterocycles. The van der Waals surface area contributed by atoms with Crippen LogP contribution >= 0.6 is 0 Å². The summed E-state index contributed by atoms with van der Waals surface area (Å²) in [6.45, 7) is 1.05. The summed E-state index contributed by atoms with van der Waals surface area (Å²) in [6.07, 6.45) is 0.621. The van der Waals surface area contributed by atoms with E-state index in [9.17, 15) is 15.0 Å². The van der Waals surface area contributed by atoms with Gasteiger partial charge in [-0.25, -0.2) is 4.79 Å². The molecule has 2 aliphatic rings. The fourth-order valence-corrected chi connectivity index (χ4v) is 2.82. The summed E-state index contributed by atoms with van der Waals surface area (Å²) in [5.74, 6) is 0. The van der Waals surface area contributed by atoms with Gasteiger partial charge in [0.05, 0.1) is 12.2 Å². The van der Waals surface area contributed by atoms with E-state index >= 15 is 0 Å². The van der Waals surface area contributed by atoms with Gasteiger partial charge in [0, 0.05) is 13.1 Å². The van der Waals surface area contributed by atoms with Gasteiger partial charge < -0.3 is 20.2 Å².